The lowest BCUT2D eigenvalue weighted by molar-refractivity contribution is -0.127. The third-order valence-corrected chi connectivity index (χ3v) is 5.26. The van der Waals surface area contributed by atoms with Crippen LogP contribution in [0.4, 0.5) is 0 Å². The number of rotatable bonds is 9. The van der Waals surface area contributed by atoms with Crippen LogP contribution >= 0.6 is 11.8 Å². The Balaban J connectivity index is 1.66. The van der Waals surface area contributed by atoms with Crippen molar-refractivity contribution in [3.63, 3.8) is 0 Å². The van der Waals surface area contributed by atoms with Crippen molar-refractivity contribution in [3.8, 4) is 17.3 Å². The topological polar surface area (TPSA) is 73.4 Å². The average molecular weight is 415 g/mol. The number of methoxy groups -OCH3 is 1. The summed E-state index contributed by atoms with van der Waals surface area (Å²) in [7, 11) is 3.43. The van der Waals surface area contributed by atoms with Gasteiger partial charge in [0.1, 0.15) is 5.75 Å². The van der Waals surface area contributed by atoms with Crippen molar-refractivity contribution >= 4 is 17.7 Å². The molecule has 3 rings (SSSR count). The molecule has 0 spiro atoms. The van der Waals surface area contributed by atoms with Gasteiger partial charge in [0.25, 0.3) is 0 Å². The maximum atomic E-state index is 12.6. The summed E-state index contributed by atoms with van der Waals surface area (Å²) in [5, 5.41) is 9.29. The second-order valence-corrected chi connectivity index (χ2v) is 8.12. The molecule has 3 aromatic rings. The summed E-state index contributed by atoms with van der Waals surface area (Å²) >= 11 is 1.39. The van der Waals surface area contributed by atoms with E-state index in [-0.39, 0.29) is 11.7 Å². The Morgan fingerprint density at radius 1 is 1.28 bits per heavy atom. The molecule has 0 unspecified atom stereocenters. The Morgan fingerprint density at radius 2 is 2.10 bits per heavy atom. The van der Waals surface area contributed by atoms with Crippen LogP contribution in [0.25, 0.3) is 11.6 Å². The quantitative estimate of drug-likeness (QED) is 0.494. The van der Waals surface area contributed by atoms with Gasteiger partial charge in [0, 0.05) is 20.1 Å². The van der Waals surface area contributed by atoms with E-state index in [0.29, 0.717) is 29.2 Å². The first-order valence-corrected chi connectivity index (χ1v) is 10.4. The molecule has 154 valence electrons. The second-order valence-electron chi connectivity index (χ2n) is 7.18. The van der Waals surface area contributed by atoms with E-state index in [9.17, 15) is 4.79 Å². The molecule has 0 N–H and O–H groups in total. The van der Waals surface area contributed by atoms with Gasteiger partial charge < -0.3 is 14.1 Å². The minimum absolute atomic E-state index is 0.0245. The van der Waals surface area contributed by atoms with Gasteiger partial charge in [-0.1, -0.05) is 37.7 Å². The van der Waals surface area contributed by atoms with Gasteiger partial charge in [0.2, 0.25) is 5.91 Å². The highest BCUT2D eigenvalue weighted by atomic mass is 32.2. The molecule has 2 aromatic heterocycles. The van der Waals surface area contributed by atoms with Crippen LogP contribution < -0.4 is 4.74 Å². The van der Waals surface area contributed by atoms with Crippen molar-refractivity contribution in [3.05, 3.63) is 48.2 Å². The van der Waals surface area contributed by atoms with Crippen LogP contribution in [0.2, 0.25) is 0 Å². The molecule has 29 heavy (non-hydrogen) atoms. The second kappa shape index (κ2) is 9.65. The smallest absolute Gasteiger partial charge is 0.233 e. The fourth-order valence-corrected chi connectivity index (χ4v) is 3.77. The molecule has 0 aliphatic carbocycles. The van der Waals surface area contributed by atoms with E-state index in [0.717, 1.165) is 17.9 Å². The predicted octanol–water partition coefficient (Wildman–Crippen LogP) is 3.95. The number of nitrogens with zero attached hydrogens (tertiary/aromatic N) is 4. The number of carbonyl (C=O) groups excluding carboxylic acids is 1. The number of benzene rings is 1. The number of aromatic nitrogens is 3. The normalized spacial score (nSPS) is 11.1. The Labute approximate surface area is 175 Å². The fourth-order valence-electron chi connectivity index (χ4n) is 2.88. The first-order valence-electron chi connectivity index (χ1n) is 9.44. The molecule has 7 nitrogen and oxygen atoms in total. The van der Waals surface area contributed by atoms with Crippen molar-refractivity contribution in [2.24, 2.45) is 5.92 Å². The lowest BCUT2D eigenvalue weighted by atomic mass is 10.2. The average Bonchev–Trinajstić information content (AvgIpc) is 3.35. The van der Waals surface area contributed by atoms with Crippen LogP contribution in [-0.2, 0) is 17.9 Å². The largest absolute Gasteiger partial charge is 0.497 e. The van der Waals surface area contributed by atoms with E-state index < -0.39 is 0 Å². The highest BCUT2D eigenvalue weighted by molar-refractivity contribution is 7.99. The van der Waals surface area contributed by atoms with Crippen molar-refractivity contribution < 1.29 is 13.9 Å². The van der Waals surface area contributed by atoms with E-state index in [2.05, 4.69) is 24.0 Å². The van der Waals surface area contributed by atoms with Gasteiger partial charge >= 0.3 is 0 Å². The first kappa shape index (κ1) is 21.0. The Kier molecular flexibility index (Phi) is 6.98. The highest BCUT2D eigenvalue weighted by Crippen LogP contribution is 2.26. The zero-order chi connectivity index (χ0) is 20.8. The third-order valence-electron chi connectivity index (χ3n) is 4.31. The number of thioether (sulfide) groups is 1. The zero-order valence-corrected chi connectivity index (χ0v) is 18.0. The summed E-state index contributed by atoms with van der Waals surface area (Å²) in [6.45, 7) is 5.53. The summed E-state index contributed by atoms with van der Waals surface area (Å²) in [6.07, 6.45) is 1.62. The molecule has 0 aliphatic heterocycles. The number of ether oxygens (including phenoxy) is 1. The maximum Gasteiger partial charge on any atom is 0.233 e. The van der Waals surface area contributed by atoms with E-state index in [4.69, 9.17) is 9.15 Å². The predicted molar refractivity (Wildman–Crippen MR) is 113 cm³/mol. The Morgan fingerprint density at radius 3 is 2.79 bits per heavy atom. The van der Waals surface area contributed by atoms with Crippen molar-refractivity contribution in [1.29, 1.82) is 0 Å². The van der Waals surface area contributed by atoms with Crippen LogP contribution in [0, 0.1) is 5.92 Å². The van der Waals surface area contributed by atoms with Gasteiger partial charge in [-0.3, -0.25) is 9.36 Å². The minimum atomic E-state index is 0.0245. The van der Waals surface area contributed by atoms with Crippen LogP contribution in [0.3, 0.4) is 0 Å². The van der Waals surface area contributed by atoms with Crippen LogP contribution in [0.1, 0.15) is 19.4 Å². The minimum Gasteiger partial charge on any atom is -0.497 e. The summed E-state index contributed by atoms with van der Waals surface area (Å²) < 4.78 is 12.8. The monoisotopic (exact) mass is 414 g/mol. The molecule has 0 atom stereocenters. The first-order chi connectivity index (χ1) is 14.0. The molecule has 0 aliphatic rings. The van der Waals surface area contributed by atoms with E-state index >= 15 is 0 Å². The summed E-state index contributed by atoms with van der Waals surface area (Å²) in [5.41, 5.74) is 1.02. The Hall–Kier alpha value is -2.74. The summed E-state index contributed by atoms with van der Waals surface area (Å²) in [6, 6.07) is 11.4. The molecule has 0 saturated carbocycles. The van der Waals surface area contributed by atoms with Crippen molar-refractivity contribution in [2.75, 3.05) is 19.9 Å². The Bertz CT molecular complexity index is 937. The molecule has 2 heterocycles. The van der Waals surface area contributed by atoms with E-state index in [1.54, 1.807) is 25.3 Å². The lowest BCUT2D eigenvalue weighted by Crippen LogP contribution is -2.28. The number of amides is 1. The molecule has 0 bridgehead atoms. The number of furan rings is 1. The maximum absolute atomic E-state index is 12.6. The summed E-state index contributed by atoms with van der Waals surface area (Å²) in [5.74, 6) is 2.86. The molecular formula is C21H26N4O3S. The third kappa shape index (κ3) is 5.41. The number of carbonyl (C=O) groups is 1. The molecule has 1 amide bonds. The van der Waals surface area contributed by atoms with Crippen molar-refractivity contribution in [1.82, 2.24) is 19.7 Å². The molecule has 8 heteroatoms. The fraction of sp³-hybridized carbons (Fsp3) is 0.381. The van der Waals surface area contributed by atoms with Gasteiger partial charge in [-0.15, -0.1) is 10.2 Å². The van der Waals surface area contributed by atoms with Crippen LogP contribution in [-0.4, -0.2) is 45.5 Å². The van der Waals surface area contributed by atoms with Gasteiger partial charge in [0.05, 0.1) is 19.1 Å². The molecular weight excluding hydrogens is 388 g/mol. The van der Waals surface area contributed by atoms with E-state index in [1.165, 1.54) is 11.8 Å². The lowest BCUT2D eigenvalue weighted by Gasteiger charge is -2.18. The van der Waals surface area contributed by atoms with E-state index in [1.807, 2.05) is 41.0 Å². The molecule has 1 aromatic carbocycles. The highest BCUT2D eigenvalue weighted by Gasteiger charge is 2.19. The van der Waals surface area contributed by atoms with Gasteiger partial charge in [-0.2, -0.15) is 0 Å². The van der Waals surface area contributed by atoms with Crippen LogP contribution in [0.15, 0.2) is 52.2 Å². The van der Waals surface area contributed by atoms with Gasteiger partial charge in [-0.05, 0) is 35.7 Å². The standard InChI is InChI=1S/C21H26N4O3S/c1-15(2)12-25-20(18-9-6-10-28-18)22-23-21(25)29-14-19(26)24(3)13-16-7-5-8-17(11-16)27-4/h5-11,15H,12-14H2,1-4H3. The number of hydrogen-bond acceptors (Lipinski definition) is 6. The van der Waals surface area contributed by atoms with Gasteiger partial charge in [-0.25, -0.2) is 0 Å². The van der Waals surface area contributed by atoms with Crippen molar-refractivity contribution in [2.45, 2.75) is 32.1 Å². The van der Waals surface area contributed by atoms with Gasteiger partial charge in [0.15, 0.2) is 16.7 Å². The SMILES string of the molecule is COc1cccc(CN(C)C(=O)CSc2nnc(-c3ccco3)n2CC(C)C)c1. The molecule has 0 fully saturated rings. The zero-order valence-electron chi connectivity index (χ0n) is 17.2. The van der Waals surface area contributed by atoms with Crippen LogP contribution in [0.5, 0.6) is 5.75 Å². The molecule has 0 saturated heterocycles. The summed E-state index contributed by atoms with van der Waals surface area (Å²) in [4.78, 5) is 14.3. The number of hydrogen-bond donors (Lipinski definition) is 0. The molecule has 0 radical (unpaired) electrons.